The predicted molar refractivity (Wildman–Crippen MR) is 280 cm³/mol. The summed E-state index contributed by atoms with van der Waals surface area (Å²) in [7, 11) is 0. The van der Waals surface area contributed by atoms with Crippen LogP contribution in [0.4, 0.5) is 0 Å². The summed E-state index contributed by atoms with van der Waals surface area (Å²) < 4.78 is 378. The summed E-state index contributed by atoms with van der Waals surface area (Å²) in [5.41, 5.74) is -14.3. The van der Waals surface area contributed by atoms with Gasteiger partial charge in [-0.25, -0.2) is 4.98 Å². The van der Waals surface area contributed by atoms with Gasteiger partial charge in [-0.2, -0.15) is 0 Å². The summed E-state index contributed by atoms with van der Waals surface area (Å²) in [6.07, 6.45) is -0.862. The van der Waals surface area contributed by atoms with Gasteiger partial charge < -0.3 is 4.42 Å². The van der Waals surface area contributed by atoms with Gasteiger partial charge in [0, 0.05) is 44.8 Å². The molecule has 0 spiro atoms. The number of fused-ring (bicyclic) bond motifs is 6. The molecule has 0 saturated heterocycles. The fraction of sp³-hybridized carbons (Fsp3) is 0. The lowest BCUT2D eigenvalue weighted by Gasteiger charge is -2.17. The Bertz CT molecular complexity index is 6280. The Morgan fingerprint density at radius 1 is 0.313 bits per heavy atom. The van der Waals surface area contributed by atoms with E-state index in [4.69, 9.17) is 29.1 Å². The maximum absolute atomic E-state index is 10.6. The smallest absolute Gasteiger partial charge is 0.144 e. The van der Waals surface area contributed by atoms with Crippen molar-refractivity contribution in [2.24, 2.45) is 0 Å². The van der Waals surface area contributed by atoms with Gasteiger partial charge in [-0.05, 0) is 83.8 Å². The monoisotopic (exact) mass is 893 g/mol. The van der Waals surface area contributed by atoms with Crippen molar-refractivity contribution in [2.45, 2.75) is 0 Å². The largest absolute Gasteiger partial charge is 0.455 e. The number of rotatable bonds is 7. The van der Waals surface area contributed by atoms with E-state index in [9.17, 15) is 30.2 Å². The number of hydrogen-bond acceptors (Lipinski definition) is 3. The molecule has 3 aromatic heterocycles. The van der Waals surface area contributed by atoms with E-state index < -0.39 is 374 Å². The van der Waals surface area contributed by atoms with Gasteiger partial charge in [-0.3, -0.25) is 4.98 Å². The van der Waals surface area contributed by atoms with Crippen LogP contribution in [-0.2, 0) is 0 Å². The van der Waals surface area contributed by atoms with Crippen molar-refractivity contribution in [3.05, 3.63) is 242 Å². The van der Waals surface area contributed by atoms with Crippen LogP contribution in [0.3, 0.4) is 0 Å². The molecule has 0 radical (unpaired) electrons. The number of nitrogens with zero attached hydrogens (tertiary/aromatic N) is 2. The van der Waals surface area contributed by atoms with Gasteiger partial charge in [-0.15, -0.1) is 0 Å². The van der Waals surface area contributed by atoms with Crippen molar-refractivity contribution in [3.63, 3.8) is 0 Å². The molecule has 13 rings (SSSR count). The summed E-state index contributed by atoms with van der Waals surface area (Å²) in [4.78, 5) is 8.49. The Morgan fingerprint density at radius 3 is 1.45 bits per heavy atom. The van der Waals surface area contributed by atoms with Crippen LogP contribution >= 0.6 is 0 Å². The second-order valence-corrected chi connectivity index (χ2v) is 14.1. The van der Waals surface area contributed by atoms with Gasteiger partial charge in [0.15, 0.2) is 0 Å². The van der Waals surface area contributed by atoms with Crippen LogP contribution in [0.25, 0.3) is 133 Å². The highest BCUT2D eigenvalue weighted by Crippen LogP contribution is 2.53. The van der Waals surface area contributed by atoms with Gasteiger partial charge in [0.2, 0.25) is 0 Å². The molecule has 312 valence electrons. The second kappa shape index (κ2) is 16.0. The topological polar surface area (TPSA) is 38.9 Å². The van der Waals surface area contributed by atoms with Crippen LogP contribution in [0.15, 0.2) is 246 Å². The first-order chi connectivity index (χ1) is 49.9. The van der Waals surface area contributed by atoms with E-state index in [1.165, 1.54) is 0 Å². The molecule has 3 nitrogen and oxygen atoms in total. The molecule has 0 aliphatic heterocycles. The minimum Gasteiger partial charge on any atom is -0.455 e. The summed E-state index contributed by atoms with van der Waals surface area (Å²) in [5.74, 6) is -2.57. The fourth-order valence-corrected chi connectivity index (χ4v) is 7.81. The predicted octanol–water partition coefficient (Wildman–Crippen LogP) is 17.5. The fourth-order valence-electron chi connectivity index (χ4n) is 7.81. The maximum atomic E-state index is 10.6. The molecule has 10 aromatic carbocycles. The van der Waals surface area contributed by atoms with Gasteiger partial charge in [0.05, 0.1) is 71.6 Å². The molecular weight excluding hydrogens is 813 g/mol. The molecule has 0 bridgehead atoms. The first-order valence-electron chi connectivity index (χ1n) is 39.6. The lowest BCUT2D eigenvalue weighted by atomic mass is 9.85. The van der Waals surface area contributed by atoms with Crippen LogP contribution < -0.4 is 0 Å². The Balaban J connectivity index is 1.32. The first-order valence-corrected chi connectivity index (χ1v) is 19.6. The zero-order chi connectivity index (χ0) is 79.1. The number of furan rings is 1. The van der Waals surface area contributed by atoms with Crippen molar-refractivity contribution in [1.29, 1.82) is 0 Å². The molecule has 13 aromatic rings. The first kappa shape index (κ1) is 15.6. The SMILES string of the molecule is [2H]c1nc2c(c([2H])c1[2H])c([2H])c([2H])c1c([2H])c([2H])c(-c3c([2H])c([2H])c(-c4c([2H])c([2H])c([2H])c(-c5c(-c6c([2H])c([2H])c([2H])c([2H])c6[2H])oc(-c6c7c([2H])c([2H])c([2H])c([2H])c7c(-c7c([2H])c([2H])c([2H])c([2H])c7[2H])c7c([2H])c([2H])c([2H])c([2H])c67)c5-c5c([2H])c([2H])c([2H])c([2H])c5[2H])c4[2H])c4c([2H])c([2H])c([2H])c([2H])c34)nc12. The number of aromatic nitrogens is 2. The molecule has 0 N–H and O–H groups in total. The molecule has 3 heteroatoms. The van der Waals surface area contributed by atoms with E-state index in [1.54, 1.807) is 0 Å². The van der Waals surface area contributed by atoms with E-state index in [1.807, 2.05) is 0 Å². The van der Waals surface area contributed by atoms with E-state index in [0.717, 1.165) is 0 Å². The zero-order valence-corrected chi connectivity index (χ0v) is 33.3. The molecular formula is C64H40N2O. The van der Waals surface area contributed by atoms with Crippen molar-refractivity contribution in [1.82, 2.24) is 9.97 Å². The summed E-state index contributed by atoms with van der Waals surface area (Å²) in [6.45, 7) is 0. The summed E-state index contributed by atoms with van der Waals surface area (Å²) in [5, 5.41) is -6.99. The standard InChI is InChI=1S/C64H40N2O/c1-4-18-41(19-5-1)57-52-29-12-14-31-54(52)60(55-32-15-13-30-53(55)57)64-58(42-20-6-2-7-21-42)59(63(67-64)45-22-8-3-9-23-45)47-25-16-24-46(40-47)48-36-37-51(50-28-11-10-27-49(48)50)56-38-35-44-34-33-43-26-17-39-65-61(43)62(44)66-56/h1-40H/i1D,2D,3D,4D,5D,6D,7D,8D,9D,10D,11D,12D,13D,14D,15D,16D,17D,18D,19D,20D,21D,22D,23D,24D,25D,26D,27D,28D,29D,30D,31D,32D,33D,34D,35D,36D,37D,38D,39D,40D. The third kappa shape index (κ3) is 6.43. The van der Waals surface area contributed by atoms with Crippen LogP contribution in [0.1, 0.15) is 54.8 Å². The van der Waals surface area contributed by atoms with Crippen LogP contribution in [0, 0.1) is 0 Å². The Morgan fingerprint density at radius 2 is 0.791 bits per heavy atom. The zero-order valence-electron chi connectivity index (χ0n) is 73.3. The van der Waals surface area contributed by atoms with Crippen LogP contribution in [0.2, 0.25) is 0 Å². The molecule has 0 atom stereocenters. The van der Waals surface area contributed by atoms with Gasteiger partial charge in [0.25, 0.3) is 0 Å². The quantitative estimate of drug-likeness (QED) is 0.118. The average Bonchev–Trinajstić information content (AvgIpc) is 1.68. The molecule has 0 saturated carbocycles. The number of benzene rings is 10. The molecule has 3 heterocycles. The Kier molecular flexibility index (Phi) is 3.72. The lowest BCUT2D eigenvalue weighted by molar-refractivity contribution is 0.600. The van der Waals surface area contributed by atoms with Crippen molar-refractivity contribution < 1.29 is 59.2 Å². The summed E-state index contributed by atoms with van der Waals surface area (Å²) in [6, 6.07) is -45.2. The minimum atomic E-state index is -1.44. The van der Waals surface area contributed by atoms with Crippen molar-refractivity contribution in [3.8, 4) is 78.4 Å². The maximum Gasteiger partial charge on any atom is 0.144 e. The average molecular weight is 893 g/mol. The normalized spacial score (nSPS) is 19.9. The Hall–Kier alpha value is -8.92. The molecule has 0 unspecified atom stereocenters. The van der Waals surface area contributed by atoms with E-state index >= 15 is 0 Å². The Labute approximate surface area is 444 Å². The van der Waals surface area contributed by atoms with E-state index in [-0.39, 0.29) is 0 Å². The molecule has 0 aliphatic carbocycles. The van der Waals surface area contributed by atoms with Gasteiger partial charge in [-0.1, -0.05) is 218 Å². The highest BCUT2D eigenvalue weighted by molar-refractivity contribution is 6.23. The van der Waals surface area contributed by atoms with Gasteiger partial charge in [0.1, 0.15) is 11.5 Å². The number of pyridine rings is 2. The van der Waals surface area contributed by atoms with Gasteiger partial charge >= 0.3 is 0 Å². The minimum absolute atomic E-state index is 0.541. The molecule has 0 amide bonds. The molecule has 0 aliphatic rings. The lowest BCUT2D eigenvalue weighted by Crippen LogP contribution is -1.92. The summed E-state index contributed by atoms with van der Waals surface area (Å²) >= 11 is 0. The second-order valence-electron chi connectivity index (χ2n) is 14.1. The molecule has 67 heavy (non-hydrogen) atoms. The number of hydrogen-bond donors (Lipinski definition) is 0. The van der Waals surface area contributed by atoms with E-state index in [2.05, 4.69) is 9.97 Å². The molecule has 0 fully saturated rings. The van der Waals surface area contributed by atoms with Crippen molar-refractivity contribution in [2.75, 3.05) is 0 Å². The van der Waals surface area contributed by atoms with Crippen LogP contribution in [-0.4, -0.2) is 9.97 Å². The third-order valence-electron chi connectivity index (χ3n) is 10.6. The highest BCUT2D eigenvalue weighted by Gasteiger charge is 2.29. The van der Waals surface area contributed by atoms with Crippen LogP contribution in [0.5, 0.6) is 0 Å². The van der Waals surface area contributed by atoms with E-state index in [0.29, 0.717) is 0 Å². The van der Waals surface area contributed by atoms with Crippen molar-refractivity contribution >= 4 is 54.1 Å². The highest BCUT2D eigenvalue weighted by atomic mass is 16.3. The third-order valence-corrected chi connectivity index (χ3v) is 10.6.